The Morgan fingerprint density at radius 3 is 2.33 bits per heavy atom. The molecule has 3 amide bonds. The zero-order valence-corrected chi connectivity index (χ0v) is 14.9. The Hall–Kier alpha value is -3.16. The Labute approximate surface area is 158 Å². The van der Waals surface area contributed by atoms with Crippen molar-refractivity contribution in [3.63, 3.8) is 0 Å². The van der Waals surface area contributed by atoms with Gasteiger partial charge in [-0.05, 0) is 36.2 Å². The molecule has 3 rings (SSSR count). The molecular formula is C20H23N5O2. The Morgan fingerprint density at radius 2 is 1.67 bits per heavy atom. The summed E-state index contributed by atoms with van der Waals surface area (Å²) >= 11 is 0. The minimum absolute atomic E-state index is 0.0996. The van der Waals surface area contributed by atoms with Crippen LogP contribution in [0.15, 0.2) is 67.3 Å². The third-order valence-corrected chi connectivity index (χ3v) is 4.24. The highest BCUT2D eigenvalue weighted by molar-refractivity contribution is 5.95. The van der Waals surface area contributed by atoms with E-state index in [1.807, 2.05) is 30.3 Å². The van der Waals surface area contributed by atoms with Crippen molar-refractivity contribution in [2.75, 3.05) is 17.2 Å². The molecule has 2 atom stereocenters. The fraction of sp³-hybridized carbons (Fsp3) is 0.200. The van der Waals surface area contributed by atoms with Crippen LogP contribution in [-0.4, -0.2) is 24.5 Å². The number of nitrogens with one attached hydrogen (secondary N) is 5. The summed E-state index contributed by atoms with van der Waals surface area (Å²) in [6.07, 6.45) is 2.27. The second kappa shape index (κ2) is 8.98. The molecular weight excluding hydrogens is 342 g/mol. The molecule has 0 aromatic heterocycles. The first-order valence-corrected chi connectivity index (χ1v) is 8.78. The Morgan fingerprint density at radius 1 is 1.00 bits per heavy atom. The average Bonchev–Trinajstić information content (AvgIpc) is 3.19. The number of amides is 3. The lowest BCUT2D eigenvalue weighted by atomic mass is 10.0. The van der Waals surface area contributed by atoms with Gasteiger partial charge >= 0.3 is 6.03 Å². The van der Waals surface area contributed by atoms with E-state index in [1.54, 1.807) is 30.3 Å². The predicted molar refractivity (Wildman–Crippen MR) is 106 cm³/mol. The molecule has 0 bridgehead atoms. The normalized spacial score (nSPS) is 18.5. The van der Waals surface area contributed by atoms with Gasteiger partial charge in [-0.1, -0.05) is 36.4 Å². The third kappa shape index (κ3) is 5.16. The van der Waals surface area contributed by atoms with Crippen LogP contribution in [0.5, 0.6) is 0 Å². The van der Waals surface area contributed by atoms with Crippen LogP contribution in [0.1, 0.15) is 18.0 Å². The second-order valence-electron chi connectivity index (χ2n) is 6.23. The van der Waals surface area contributed by atoms with Gasteiger partial charge < -0.3 is 16.0 Å². The van der Waals surface area contributed by atoms with Crippen molar-refractivity contribution in [3.05, 3.63) is 72.8 Å². The number of carbonyl (C=O) groups excluding carboxylic acids is 2. The van der Waals surface area contributed by atoms with Crippen molar-refractivity contribution < 1.29 is 9.59 Å². The molecule has 2 unspecified atom stereocenters. The van der Waals surface area contributed by atoms with Crippen molar-refractivity contribution in [3.8, 4) is 0 Å². The highest BCUT2D eigenvalue weighted by Gasteiger charge is 2.29. The van der Waals surface area contributed by atoms with E-state index in [1.165, 1.54) is 0 Å². The number of carbonyl (C=O) groups is 2. The van der Waals surface area contributed by atoms with E-state index in [0.717, 1.165) is 5.56 Å². The lowest BCUT2D eigenvalue weighted by Crippen LogP contribution is -2.39. The Balaban J connectivity index is 1.51. The maximum Gasteiger partial charge on any atom is 0.319 e. The smallest absolute Gasteiger partial charge is 0.319 e. The summed E-state index contributed by atoms with van der Waals surface area (Å²) < 4.78 is 0. The summed E-state index contributed by atoms with van der Waals surface area (Å²) in [5, 5.41) is 8.22. The molecule has 5 N–H and O–H groups in total. The van der Waals surface area contributed by atoms with Crippen LogP contribution < -0.4 is 26.8 Å². The van der Waals surface area contributed by atoms with Gasteiger partial charge in [0.25, 0.3) is 0 Å². The van der Waals surface area contributed by atoms with Gasteiger partial charge in [0.05, 0.1) is 0 Å². The maximum atomic E-state index is 12.5. The van der Waals surface area contributed by atoms with Gasteiger partial charge in [0.2, 0.25) is 5.91 Å². The topological polar surface area (TPSA) is 94.3 Å². The lowest BCUT2D eigenvalue weighted by molar-refractivity contribution is -0.117. The molecule has 0 spiro atoms. The third-order valence-electron chi connectivity index (χ3n) is 4.24. The number of hydrogen-bond acceptors (Lipinski definition) is 4. The zero-order chi connectivity index (χ0) is 19.1. The maximum absolute atomic E-state index is 12.5. The molecule has 7 heteroatoms. The molecule has 1 aliphatic rings. The molecule has 0 saturated carbocycles. The molecule has 0 radical (unpaired) electrons. The van der Waals surface area contributed by atoms with Crippen LogP contribution in [0.4, 0.5) is 16.2 Å². The van der Waals surface area contributed by atoms with Crippen molar-refractivity contribution in [1.82, 2.24) is 16.2 Å². The monoisotopic (exact) mass is 365 g/mol. The fourth-order valence-electron chi connectivity index (χ4n) is 2.84. The van der Waals surface area contributed by atoms with Crippen LogP contribution >= 0.6 is 0 Å². The molecule has 7 nitrogen and oxygen atoms in total. The van der Waals surface area contributed by atoms with Gasteiger partial charge in [-0.15, -0.1) is 6.58 Å². The van der Waals surface area contributed by atoms with Crippen molar-refractivity contribution in [2.24, 2.45) is 0 Å². The van der Waals surface area contributed by atoms with Crippen LogP contribution in [0.2, 0.25) is 0 Å². The molecule has 2 aromatic rings. The highest BCUT2D eigenvalue weighted by atomic mass is 16.2. The number of anilines is 2. The first kappa shape index (κ1) is 18.6. The van der Waals surface area contributed by atoms with E-state index >= 15 is 0 Å². The number of rotatable bonds is 6. The molecule has 2 aromatic carbocycles. The standard InChI is InChI=1S/C20H23N5O2/c1-2-12-21-20(27)23-16-10-8-15(9-11-16)22-19(26)18-13-17(24-25-18)14-6-4-3-5-7-14/h2-11,17-18,24-25H,1,12-13H2,(H,22,26)(H2,21,23,27). The Kier molecular flexibility index (Phi) is 6.19. The predicted octanol–water partition coefficient (Wildman–Crippen LogP) is 2.54. The Bertz CT molecular complexity index is 792. The first-order chi connectivity index (χ1) is 13.2. The molecule has 27 heavy (non-hydrogen) atoms. The van der Waals surface area contributed by atoms with E-state index in [2.05, 4.69) is 33.4 Å². The number of hydrazine groups is 1. The van der Waals surface area contributed by atoms with Crippen LogP contribution in [0.3, 0.4) is 0 Å². The van der Waals surface area contributed by atoms with Crippen LogP contribution in [-0.2, 0) is 4.79 Å². The van der Waals surface area contributed by atoms with Gasteiger partial charge in [-0.3, -0.25) is 4.79 Å². The van der Waals surface area contributed by atoms with Crippen LogP contribution in [0, 0.1) is 0 Å². The summed E-state index contributed by atoms with van der Waals surface area (Å²) in [5.74, 6) is -0.106. The van der Waals surface area contributed by atoms with Gasteiger partial charge in [-0.25, -0.2) is 15.6 Å². The molecule has 1 saturated heterocycles. The number of hydrogen-bond donors (Lipinski definition) is 5. The van der Waals surface area contributed by atoms with Crippen molar-refractivity contribution in [1.29, 1.82) is 0 Å². The van der Waals surface area contributed by atoms with Crippen LogP contribution in [0.25, 0.3) is 0 Å². The van der Waals surface area contributed by atoms with Gasteiger partial charge in [0.15, 0.2) is 0 Å². The SMILES string of the molecule is C=CCNC(=O)Nc1ccc(NC(=O)C2CC(c3ccccc3)NN2)cc1. The van der Waals surface area contributed by atoms with E-state index in [0.29, 0.717) is 24.3 Å². The minimum Gasteiger partial charge on any atom is -0.334 e. The average molecular weight is 365 g/mol. The zero-order valence-electron chi connectivity index (χ0n) is 14.9. The summed E-state index contributed by atoms with van der Waals surface area (Å²) in [6, 6.07) is 16.4. The van der Waals surface area contributed by atoms with Crippen molar-refractivity contribution >= 4 is 23.3 Å². The summed E-state index contributed by atoms with van der Waals surface area (Å²) in [7, 11) is 0. The summed E-state index contributed by atoms with van der Waals surface area (Å²) in [6.45, 7) is 3.94. The molecule has 1 heterocycles. The van der Waals surface area contributed by atoms with Gasteiger partial charge in [-0.2, -0.15) is 0 Å². The van der Waals surface area contributed by atoms with E-state index in [9.17, 15) is 9.59 Å². The number of urea groups is 1. The first-order valence-electron chi connectivity index (χ1n) is 8.78. The molecule has 0 aliphatic carbocycles. The highest BCUT2D eigenvalue weighted by Crippen LogP contribution is 2.23. The van der Waals surface area contributed by atoms with Crippen molar-refractivity contribution in [2.45, 2.75) is 18.5 Å². The largest absolute Gasteiger partial charge is 0.334 e. The molecule has 140 valence electrons. The van der Waals surface area contributed by atoms with E-state index in [4.69, 9.17) is 0 Å². The summed E-state index contributed by atoms with van der Waals surface area (Å²) in [5.41, 5.74) is 8.66. The quantitative estimate of drug-likeness (QED) is 0.509. The lowest BCUT2D eigenvalue weighted by Gasteiger charge is -2.12. The van der Waals surface area contributed by atoms with Gasteiger partial charge in [0, 0.05) is 24.0 Å². The number of benzene rings is 2. The second-order valence-corrected chi connectivity index (χ2v) is 6.23. The minimum atomic E-state index is -0.322. The molecule has 1 aliphatic heterocycles. The molecule has 1 fully saturated rings. The summed E-state index contributed by atoms with van der Waals surface area (Å²) in [4.78, 5) is 24.1. The van der Waals surface area contributed by atoms with Gasteiger partial charge in [0.1, 0.15) is 6.04 Å². The van der Waals surface area contributed by atoms with E-state index in [-0.39, 0.29) is 24.0 Å². The fourth-order valence-corrected chi connectivity index (χ4v) is 2.84. The van der Waals surface area contributed by atoms with E-state index < -0.39 is 0 Å².